The molecule has 1 aliphatic heterocycles. The molecular formula is C16H22FN3O3. The maximum Gasteiger partial charge on any atom is 0.312 e. The van der Waals surface area contributed by atoms with Gasteiger partial charge < -0.3 is 10.1 Å². The molecule has 1 heterocycles. The topological polar surface area (TPSA) is 79.5 Å². The first-order valence-electron chi connectivity index (χ1n) is 7.48. The van der Waals surface area contributed by atoms with Crippen molar-refractivity contribution in [1.29, 1.82) is 0 Å². The standard InChI is InChI=1S/C16H22FN3O3/c1-16(2,3)19-13(21)9-23-15(22)12-8-18-20-14(12)10-4-6-11(17)7-5-10/h4-7,12,14,18,20H,8-9H2,1-3H3,(H,19,21). The first kappa shape index (κ1) is 17.4. The van der Waals surface area contributed by atoms with Gasteiger partial charge in [0.15, 0.2) is 6.61 Å². The zero-order valence-electron chi connectivity index (χ0n) is 13.5. The lowest BCUT2D eigenvalue weighted by atomic mass is 9.95. The summed E-state index contributed by atoms with van der Waals surface area (Å²) in [4.78, 5) is 23.9. The molecule has 1 aromatic rings. The lowest BCUT2D eigenvalue weighted by Gasteiger charge is -2.21. The summed E-state index contributed by atoms with van der Waals surface area (Å²) in [5, 5.41) is 2.73. The second-order valence-electron chi connectivity index (χ2n) is 6.57. The van der Waals surface area contributed by atoms with Crippen LogP contribution in [0.5, 0.6) is 0 Å². The largest absolute Gasteiger partial charge is 0.455 e. The average molecular weight is 323 g/mol. The molecule has 2 unspecified atom stereocenters. The molecule has 0 spiro atoms. The maximum absolute atomic E-state index is 13.0. The van der Waals surface area contributed by atoms with E-state index in [0.717, 1.165) is 5.56 Å². The number of carbonyl (C=O) groups excluding carboxylic acids is 2. The summed E-state index contributed by atoms with van der Waals surface area (Å²) in [5.41, 5.74) is 6.27. The Labute approximate surface area is 134 Å². The van der Waals surface area contributed by atoms with Gasteiger partial charge in [0.2, 0.25) is 0 Å². The van der Waals surface area contributed by atoms with Crippen LogP contribution in [0.15, 0.2) is 24.3 Å². The molecule has 2 rings (SSSR count). The molecule has 7 heteroatoms. The highest BCUT2D eigenvalue weighted by atomic mass is 19.1. The van der Waals surface area contributed by atoms with Gasteiger partial charge in [-0.2, -0.15) is 0 Å². The summed E-state index contributed by atoms with van der Waals surface area (Å²) in [6.07, 6.45) is 0. The van der Waals surface area contributed by atoms with Crippen molar-refractivity contribution in [1.82, 2.24) is 16.2 Å². The van der Waals surface area contributed by atoms with Crippen molar-refractivity contribution >= 4 is 11.9 Å². The van der Waals surface area contributed by atoms with Crippen LogP contribution in [-0.2, 0) is 14.3 Å². The first-order chi connectivity index (χ1) is 10.8. The third kappa shape index (κ3) is 5.01. The second-order valence-corrected chi connectivity index (χ2v) is 6.57. The Morgan fingerprint density at radius 1 is 1.30 bits per heavy atom. The van der Waals surface area contributed by atoms with E-state index < -0.39 is 11.9 Å². The van der Waals surface area contributed by atoms with E-state index in [2.05, 4.69) is 16.2 Å². The average Bonchev–Trinajstić information content (AvgIpc) is 2.93. The molecule has 6 nitrogen and oxygen atoms in total. The van der Waals surface area contributed by atoms with E-state index in [-0.39, 0.29) is 29.9 Å². The molecule has 0 aromatic heterocycles. The molecular weight excluding hydrogens is 301 g/mol. The van der Waals surface area contributed by atoms with Gasteiger partial charge in [0, 0.05) is 12.1 Å². The van der Waals surface area contributed by atoms with Crippen molar-refractivity contribution in [2.24, 2.45) is 5.92 Å². The fraction of sp³-hybridized carbons (Fsp3) is 0.500. The summed E-state index contributed by atoms with van der Waals surface area (Å²) < 4.78 is 18.1. The van der Waals surface area contributed by atoms with Gasteiger partial charge in [-0.1, -0.05) is 12.1 Å². The number of amides is 1. The predicted octanol–water partition coefficient (Wildman–Crippen LogP) is 1.05. The number of halogens is 1. The van der Waals surface area contributed by atoms with Crippen LogP contribution in [0.25, 0.3) is 0 Å². The molecule has 2 atom stereocenters. The van der Waals surface area contributed by atoms with Gasteiger partial charge in [-0.05, 0) is 38.5 Å². The molecule has 126 valence electrons. The molecule has 0 saturated carbocycles. The molecule has 23 heavy (non-hydrogen) atoms. The van der Waals surface area contributed by atoms with Crippen LogP contribution in [-0.4, -0.2) is 30.6 Å². The van der Waals surface area contributed by atoms with Gasteiger partial charge in [-0.15, -0.1) is 0 Å². The zero-order chi connectivity index (χ0) is 17.0. The Morgan fingerprint density at radius 2 is 1.96 bits per heavy atom. The van der Waals surface area contributed by atoms with Gasteiger partial charge >= 0.3 is 5.97 Å². The van der Waals surface area contributed by atoms with E-state index in [1.807, 2.05) is 20.8 Å². The van der Waals surface area contributed by atoms with Crippen LogP contribution in [0, 0.1) is 11.7 Å². The molecule has 3 N–H and O–H groups in total. The van der Waals surface area contributed by atoms with E-state index in [9.17, 15) is 14.0 Å². The van der Waals surface area contributed by atoms with Crippen molar-refractivity contribution < 1.29 is 18.7 Å². The van der Waals surface area contributed by atoms with Crippen LogP contribution in [0.2, 0.25) is 0 Å². The van der Waals surface area contributed by atoms with Crippen molar-refractivity contribution in [3.8, 4) is 0 Å². The minimum Gasteiger partial charge on any atom is -0.455 e. The van der Waals surface area contributed by atoms with Gasteiger partial charge in [0.1, 0.15) is 5.82 Å². The number of hydrazine groups is 1. The van der Waals surface area contributed by atoms with E-state index in [1.54, 1.807) is 12.1 Å². The second kappa shape index (κ2) is 7.06. The van der Waals surface area contributed by atoms with Gasteiger partial charge in [0.25, 0.3) is 5.91 Å². The summed E-state index contributed by atoms with van der Waals surface area (Å²) in [6.45, 7) is 5.61. The SMILES string of the molecule is CC(C)(C)NC(=O)COC(=O)C1CNNC1c1ccc(F)cc1. The normalized spacial score (nSPS) is 21.0. The number of hydrogen-bond donors (Lipinski definition) is 3. The van der Waals surface area contributed by atoms with Crippen molar-refractivity contribution in [3.05, 3.63) is 35.6 Å². The summed E-state index contributed by atoms with van der Waals surface area (Å²) in [6, 6.07) is 5.59. The Balaban J connectivity index is 1.93. The number of rotatable bonds is 4. The fourth-order valence-corrected chi connectivity index (χ4v) is 2.40. The summed E-state index contributed by atoms with van der Waals surface area (Å²) >= 11 is 0. The van der Waals surface area contributed by atoms with E-state index in [0.29, 0.717) is 6.54 Å². The predicted molar refractivity (Wildman–Crippen MR) is 82.6 cm³/mol. The van der Waals surface area contributed by atoms with Crippen molar-refractivity contribution in [2.45, 2.75) is 32.4 Å². The Morgan fingerprint density at radius 3 is 2.57 bits per heavy atom. The van der Waals surface area contributed by atoms with E-state index >= 15 is 0 Å². The summed E-state index contributed by atoms with van der Waals surface area (Å²) in [5.74, 6) is -1.63. The molecule has 1 amide bonds. The van der Waals surface area contributed by atoms with Gasteiger partial charge in [-0.25, -0.2) is 9.82 Å². The third-order valence-corrected chi connectivity index (χ3v) is 3.37. The molecule has 0 aliphatic carbocycles. The van der Waals surface area contributed by atoms with Crippen LogP contribution in [0.1, 0.15) is 32.4 Å². The van der Waals surface area contributed by atoms with Crippen LogP contribution >= 0.6 is 0 Å². The smallest absolute Gasteiger partial charge is 0.312 e. The van der Waals surface area contributed by atoms with Crippen molar-refractivity contribution in [2.75, 3.05) is 13.2 Å². The Hall–Kier alpha value is -1.99. The highest BCUT2D eigenvalue weighted by Crippen LogP contribution is 2.26. The highest BCUT2D eigenvalue weighted by molar-refractivity contribution is 5.82. The molecule has 1 aliphatic rings. The minimum atomic E-state index is -0.483. The number of benzene rings is 1. The fourth-order valence-electron chi connectivity index (χ4n) is 2.40. The van der Waals surface area contributed by atoms with E-state index in [4.69, 9.17) is 4.74 Å². The van der Waals surface area contributed by atoms with E-state index in [1.165, 1.54) is 12.1 Å². The zero-order valence-corrected chi connectivity index (χ0v) is 13.5. The highest BCUT2D eigenvalue weighted by Gasteiger charge is 2.35. The Bertz CT molecular complexity index is 569. The molecule has 0 radical (unpaired) electrons. The third-order valence-electron chi connectivity index (χ3n) is 3.37. The number of hydrogen-bond acceptors (Lipinski definition) is 5. The Kier molecular flexibility index (Phi) is 5.33. The molecule has 1 aromatic carbocycles. The lowest BCUT2D eigenvalue weighted by molar-refractivity contribution is -0.152. The van der Waals surface area contributed by atoms with Crippen LogP contribution in [0.4, 0.5) is 4.39 Å². The minimum absolute atomic E-state index is 0.317. The maximum atomic E-state index is 13.0. The monoisotopic (exact) mass is 323 g/mol. The number of esters is 1. The number of carbonyl (C=O) groups is 2. The number of ether oxygens (including phenoxy) is 1. The molecule has 1 saturated heterocycles. The molecule has 0 bridgehead atoms. The van der Waals surface area contributed by atoms with Crippen molar-refractivity contribution in [3.63, 3.8) is 0 Å². The van der Waals surface area contributed by atoms with Crippen LogP contribution in [0.3, 0.4) is 0 Å². The first-order valence-corrected chi connectivity index (χ1v) is 7.48. The molecule has 1 fully saturated rings. The van der Waals surface area contributed by atoms with Gasteiger partial charge in [-0.3, -0.25) is 15.0 Å². The number of nitrogens with one attached hydrogen (secondary N) is 3. The lowest BCUT2D eigenvalue weighted by Crippen LogP contribution is -2.43. The summed E-state index contributed by atoms with van der Waals surface area (Å²) in [7, 11) is 0. The van der Waals surface area contributed by atoms with Gasteiger partial charge in [0.05, 0.1) is 12.0 Å². The van der Waals surface area contributed by atoms with Crippen LogP contribution < -0.4 is 16.2 Å². The quantitative estimate of drug-likeness (QED) is 0.722.